The molecule has 0 saturated heterocycles. The first kappa shape index (κ1) is 20.8. The highest BCUT2D eigenvalue weighted by Crippen LogP contribution is 2.04. The van der Waals surface area contributed by atoms with Gasteiger partial charge in [0, 0.05) is 38.3 Å². The van der Waals surface area contributed by atoms with Crippen LogP contribution in [0.4, 0.5) is 0 Å². The van der Waals surface area contributed by atoms with Crippen LogP contribution in [0.2, 0.25) is 0 Å². The van der Waals surface area contributed by atoms with Crippen LogP contribution in [0.1, 0.15) is 54.4 Å². The lowest BCUT2D eigenvalue weighted by Crippen LogP contribution is -2.42. The highest BCUT2D eigenvalue weighted by molar-refractivity contribution is 4.69. The van der Waals surface area contributed by atoms with Crippen molar-refractivity contribution < 1.29 is 9.84 Å². The predicted molar refractivity (Wildman–Crippen MR) is 90.7 cm³/mol. The van der Waals surface area contributed by atoms with E-state index >= 15 is 0 Å². The summed E-state index contributed by atoms with van der Waals surface area (Å²) in [5.41, 5.74) is 0. The van der Waals surface area contributed by atoms with Crippen LogP contribution < -0.4 is 5.32 Å². The Hall–Kier alpha value is -0.160. The third-order valence-electron chi connectivity index (χ3n) is 3.63. The second-order valence-corrected chi connectivity index (χ2v) is 6.89. The minimum atomic E-state index is -0.407. The molecular weight excluding hydrogens is 264 g/mol. The second kappa shape index (κ2) is 12.4. The molecule has 0 aliphatic carbocycles. The van der Waals surface area contributed by atoms with Crippen molar-refractivity contribution in [3.63, 3.8) is 0 Å². The van der Waals surface area contributed by atoms with Crippen LogP contribution in [-0.4, -0.2) is 61.0 Å². The molecule has 0 amide bonds. The number of aliphatic hydroxyl groups excluding tert-OH is 1. The Balaban J connectivity index is 3.54. The molecule has 0 bridgehead atoms. The SMILES string of the molecule is CC(C)CCCOCC(O)CNCCN(C(C)C)C(C)C. The predicted octanol–water partition coefficient (Wildman–Crippen LogP) is 2.51. The summed E-state index contributed by atoms with van der Waals surface area (Å²) in [5, 5.41) is 13.2. The molecule has 1 atom stereocenters. The molecule has 0 radical (unpaired) electrons. The van der Waals surface area contributed by atoms with Gasteiger partial charge in [0.1, 0.15) is 0 Å². The zero-order valence-electron chi connectivity index (χ0n) is 15.1. The first-order valence-corrected chi connectivity index (χ1v) is 8.56. The molecular formula is C17H38N2O2. The number of rotatable bonds is 13. The van der Waals surface area contributed by atoms with Crippen molar-refractivity contribution in [3.8, 4) is 0 Å². The smallest absolute Gasteiger partial charge is 0.0897 e. The summed E-state index contributed by atoms with van der Waals surface area (Å²) in [6.07, 6.45) is 1.86. The first-order chi connectivity index (χ1) is 9.84. The number of ether oxygens (including phenoxy) is 1. The number of aliphatic hydroxyl groups is 1. The van der Waals surface area contributed by atoms with Crippen molar-refractivity contribution in [1.29, 1.82) is 0 Å². The van der Waals surface area contributed by atoms with Crippen LogP contribution in [0, 0.1) is 5.92 Å². The number of hydrogen-bond donors (Lipinski definition) is 2. The van der Waals surface area contributed by atoms with Gasteiger partial charge >= 0.3 is 0 Å². The van der Waals surface area contributed by atoms with Crippen LogP contribution in [0.25, 0.3) is 0 Å². The van der Waals surface area contributed by atoms with Crippen molar-refractivity contribution in [2.24, 2.45) is 5.92 Å². The van der Waals surface area contributed by atoms with Gasteiger partial charge in [-0.15, -0.1) is 0 Å². The molecule has 4 heteroatoms. The van der Waals surface area contributed by atoms with Gasteiger partial charge in [-0.05, 0) is 46.5 Å². The molecule has 0 aromatic rings. The maximum absolute atomic E-state index is 9.84. The zero-order valence-corrected chi connectivity index (χ0v) is 15.1. The van der Waals surface area contributed by atoms with Crippen LogP contribution >= 0.6 is 0 Å². The number of nitrogens with one attached hydrogen (secondary N) is 1. The molecule has 0 spiro atoms. The summed E-state index contributed by atoms with van der Waals surface area (Å²) in [4.78, 5) is 2.45. The van der Waals surface area contributed by atoms with Crippen LogP contribution in [0.15, 0.2) is 0 Å². The van der Waals surface area contributed by atoms with Gasteiger partial charge in [0.25, 0.3) is 0 Å². The lowest BCUT2D eigenvalue weighted by molar-refractivity contribution is 0.0343. The van der Waals surface area contributed by atoms with Crippen molar-refractivity contribution in [2.45, 2.75) is 72.6 Å². The van der Waals surface area contributed by atoms with Crippen LogP contribution in [0.5, 0.6) is 0 Å². The van der Waals surface area contributed by atoms with E-state index in [0.717, 1.165) is 32.0 Å². The van der Waals surface area contributed by atoms with Crippen LogP contribution in [0.3, 0.4) is 0 Å². The standard InChI is InChI=1S/C17H38N2O2/c1-14(2)8-7-11-21-13-17(20)12-18-9-10-19(15(3)4)16(5)6/h14-18,20H,7-13H2,1-6H3. The van der Waals surface area contributed by atoms with Crippen molar-refractivity contribution in [2.75, 3.05) is 32.8 Å². The third-order valence-corrected chi connectivity index (χ3v) is 3.63. The highest BCUT2D eigenvalue weighted by Gasteiger charge is 2.12. The summed E-state index contributed by atoms with van der Waals surface area (Å²) in [6, 6.07) is 1.11. The molecule has 2 N–H and O–H groups in total. The Morgan fingerprint density at radius 3 is 2.19 bits per heavy atom. The van der Waals surface area contributed by atoms with Crippen molar-refractivity contribution in [1.82, 2.24) is 10.2 Å². The van der Waals surface area contributed by atoms with Gasteiger partial charge in [-0.1, -0.05) is 13.8 Å². The minimum Gasteiger partial charge on any atom is -0.389 e. The molecule has 1 unspecified atom stereocenters. The average Bonchev–Trinajstić information content (AvgIpc) is 2.36. The van der Waals surface area contributed by atoms with Crippen molar-refractivity contribution >= 4 is 0 Å². The number of hydrogen-bond acceptors (Lipinski definition) is 4. The molecule has 0 heterocycles. The molecule has 0 aliphatic heterocycles. The molecule has 4 nitrogen and oxygen atoms in total. The minimum absolute atomic E-state index is 0.407. The third kappa shape index (κ3) is 12.1. The summed E-state index contributed by atoms with van der Waals surface area (Å²) in [5.74, 6) is 0.727. The molecule has 0 aromatic heterocycles. The second-order valence-electron chi connectivity index (χ2n) is 6.89. The van der Waals surface area contributed by atoms with Crippen molar-refractivity contribution in [3.05, 3.63) is 0 Å². The monoisotopic (exact) mass is 302 g/mol. The Labute approximate surface area is 132 Å². The van der Waals surface area contributed by atoms with E-state index < -0.39 is 6.10 Å². The lowest BCUT2D eigenvalue weighted by Gasteiger charge is -2.30. The van der Waals surface area contributed by atoms with E-state index in [1.165, 1.54) is 6.42 Å². The summed E-state index contributed by atoms with van der Waals surface area (Å²) >= 11 is 0. The van der Waals surface area contributed by atoms with E-state index in [4.69, 9.17) is 4.74 Å². The first-order valence-electron chi connectivity index (χ1n) is 8.56. The Morgan fingerprint density at radius 1 is 1.05 bits per heavy atom. The van der Waals surface area contributed by atoms with Gasteiger partial charge in [0.05, 0.1) is 12.7 Å². The molecule has 0 saturated carbocycles. The molecule has 0 rings (SSSR count). The zero-order chi connectivity index (χ0) is 16.3. The van der Waals surface area contributed by atoms with Gasteiger partial charge in [-0.25, -0.2) is 0 Å². The molecule has 0 aromatic carbocycles. The van der Waals surface area contributed by atoms with Crippen LogP contribution in [-0.2, 0) is 4.74 Å². The van der Waals surface area contributed by atoms with E-state index in [0.29, 0.717) is 25.2 Å². The maximum atomic E-state index is 9.84. The van der Waals surface area contributed by atoms with Gasteiger partial charge in [0.2, 0.25) is 0 Å². The van der Waals surface area contributed by atoms with E-state index in [2.05, 4.69) is 51.8 Å². The fourth-order valence-electron chi connectivity index (χ4n) is 2.46. The fourth-order valence-corrected chi connectivity index (χ4v) is 2.46. The van der Waals surface area contributed by atoms with Gasteiger partial charge in [-0.3, -0.25) is 4.90 Å². The Kier molecular flexibility index (Phi) is 12.3. The Bertz CT molecular complexity index is 225. The molecule has 0 fully saturated rings. The lowest BCUT2D eigenvalue weighted by atomic mass is 10.1. The van der Waals surface area contributed by atoms with E-state index in [1.54, 1.807) is 0 Å². The van der Waals surface area contributed by atoms with E-state index in [-0.39, 0.29) is 0 Å². The van der Waals surface area contributed by atoms with Gasteiger partial charge in [0.15, 0.2) is 0 Å². The average molecular weight is 303 g/mol. The Morgan fingerprint density at radius 2 is 1.67 bits per heavy atom. The van der Waals surface area contributed by atoms with E-state index in [9.17, 15) is 5.11 Å². The topological polar surface area (TPSA) is 44.7 Å². The number of nitrogens with zero attached hydrogens (tertiary/aromatic N) is 1. The molecule has 21 heavy (non-hydrogen) atoms. The highest BCUT2D eigenvalue weighted by atomic mass is 16.5. The largest absolute Gasteiger partial charge is 0.389 e. The van der Waals surface area contributed by atoms with E-state index in [1.807, 2.05) is 0 Å². The maximum Gasteiger partial charge on any atom is 0.0897 e. The normalized spacial score (nSPS) is 13.9. The summed E-state index contributed by atoms with van der Waals surface area (Å²) < 4.78 is 5.50. The van der Waals surface area contributed by atoms with Gasteiger partial charge in [-0.2, -0.15) is 0 Å². The summed E-state index contributed by atoms with van der Waals surface area (Å²) in [7, 11) is 0. The summed E-state index contributed by atoms with van der Waals surface area (Å²) in [6.45, 7) is 17.0. The molecule has 128 valence electrons. The molecule has 0 aliphatic rings. The fraction of sp³-hybridized carbons (Fsp3) is 1.00. The van der Waals surface area contributed by atoms with Gasteiger partial charge < -0.3 is 15.2 Å². The quantitative estimate of drug-likeness (QED) is 0.513.